The van der Waals surface area contributed by atoms with Gasteiger partial charge in [-0.25, -0.2) is 19.6 Å². The molecule has 0 atom stereocenters. The number of fused-ring (bicyclic) bond motifs is 2. The molecule has 12 heteroatoms. The molecule has 0 spiro atoms. The highest BCUT2D eigenvalue weighted by Crippen LogP contribution is 2.32. The molecule has 0 aliphatic rings. The molecule has 0 radical (unpaired) electrons. The molecule has 6 aromatic carbocycles. The summed E-state index contributed by atoms with van der Waals surface area (Å²) in [6.07, 6.45) is 0.974. The zero-order chi connectivity index (χ0) is 41.1. The topological polar surface area (TPSA) is 169 Å². The second-order valence-corrected chi connectivity index (χ2v) is 13.6. The zero-order valence-corrected chi connectivity index (χ0v) is 32.5. The van der Waals surface area contributed by atoms with Crippen molar-refractivity contribution in [2.45, 2.75) is 54.1 Å². The fourth-order valence-electron chi connectivity index (χ4n) is 6.06. The number of carboxylic acid groups (broad SMARTS) is 2. The van der Waals surface area contributed by atoms with Crippen LogP contribution in [0.4, 0.5) is 0 Å². The van der Waals surface area contributed by atoms with Crippen molar-refractivity contribution in [3.05, 3.63) is 178 Å². The minimum atomic E-state index is -1.02. The van der Waals surface area contributed by atoms with Crippen LogP contribution in [0.2, 0.25) is 0 Å². The third-order valence-corrected chi connectivity index (χ3v) is 9.33. The molecule has 2 heterocycles. The van der Waals surface area contributed by atoms with Gasteiger partial charge in [0.25, 0.3) is 0 Å². The van der Waals surface area contributed by atoms with Crippen LogP contribution in [-0.4, -0.2) is 42.1 Å². The number of H-pyrrole nitrogens is 2. The SMILES string of the molecule is C.CCc1ccc(COc2cc(C(=O)O)ccc2OCc2nc3ccccc3[nH]2)cc1.Cc1ccc(COc2cc(C(=O)O)ccc2OCc2nc3ccccc3[nH]2)cc1. The van der Waals surface area contributed by atoms with E-state index < -0.39 is 11.9 Å². The Balaban J connectivity index is 0.000000198. The molecule has 0 aliphatic heterocycles. The summed E-state index contributed by atoms with van der Waals surface area (Å²) in [4.78, 5) is 38.1. The molecule has 4 N–H and O–H groups in total. The van der Waals surface area contributed by atoms with Crippen LogP contribution in [0, 0.1) is 6.92 Å². The number of aromatic nitrogens is 4. The van der Waals surface area contributed by atoms with Crippen LogP contribution < -0.4 is 18.9 Å². The van der Waals surface area contributed by atoms with Crippen molar-refractivity contribution in [1.29, 1.82) is 0 Å². The van der Waals surface area contributed by atoms with E-state index in [4.69, 9.17) is 18.9 Å². The van der Waals surface area contributed by atoms with Crippen LogP contribution in [-0.2, 0) is 32.8 Å². The Morgan fingerprint density at radius 2 is 0.917 bits per heavy atom. The molecule has 0 amide bonds. The summed E-state index contributed by atoms with van der Waals surface area (Å²) in [6.45, 7) is 5.17. The van der Waals surface area contributed by atoms with Crippen molar-refractivity contribution in [3.8, 4) is 23.0 Å². The van der Waals surface area contributed by atoms with Crippen molar-refractivity contribution in [2.75, 3.05) is 0 Å². The van der Waals surface area contributed by atoms with Crippen molar-refractivity contribution < 1.29 is 38.7 Å². The van der Waals surface area contributed by atoms with Gasteiger partial charge in [-0.1, -0.05) is 92.7 Å². The first kappa shape index (κ1) is 42.0. The van der Waals surface area contributed by atoms with Gasteiger partial charge in [-0.2, -0.15) is 0 Å². The Bertz CT molecular complexity index is 2620. The predicted octanol–water partition coefficient (Wildman–Crippen LogP) is 10.3. The van der Waals surface area contributed by atoms with Crippen molar-refractivity contribution in [3.63, 3.8) is 0 Å². The molecular weight excluding hydrogens is 761 g/mol. The van der Waals surface area contributed by atoms with E-state index in [0.717, 1.165) is 45.2 Å². The lowest BCUT2D eigenvalue weighted by atomic mass is 10.1. The number of rotatable bonds is 15. The second-order valence-electron chi connectivity index (χ2n) is 13.6. The molecule has 0 unspecified atom stereocenters. The number of carboxylic acids is 2. The molecule has 2 aromatic heterocycles. The number of aromatic carboxylic acids is 2. The first-order chi connectivity index (χ1) is 28.7. The summed E-state index contributed by atoms with van der Waals surface area (Å²) >= 11 is 0. The average Bonchev–Trinajstić information content (AvgIpc) is 3.88. The lowest BCUT2D eigenvalue weighted by molar-refractivity contribution is 0.0685. The number of hydrogen-bond donors (Lipinski definition) is 4. The number of aryl methyl sites for hydroxylation is 2. The zero-order valence-electron chi connectivity index (χ0n) is 32.5. The van der Waals surface area contributed by atoms with Crippen LogP contribution in [0.15, 0.2) is 133 Å². The average molecular weight is 807 g/mol. The van der Waals surface area contributed by atoms with Gasteiger partial charge in [-0.05, 0) is 90.7 Å². The highest BCUT2D eigenvalue weighted by Gasteiger charge is 2.14. The van der Waals surface area contributed by atoms with Crippen LogP contribution >= 0.6 is 0 Å². The number of carbonyl (C=O) groups is 2. The van der Waals surface area contributed by atoms with Gasteiger partial charge in [0, 0.05) is 0 Å². The number of ether oxygens (including phenoxy) is 4. The Morgan fingerprint density at radius 1 is 0.517 bits per heavy atom. The summed E-state index contributed by atoms with van der Waals surface area (Å²) in [5.74, 6) is 1.00. The summed E-state index contributed by atoms with van der Waals surface area (Å²) in [7, 11) is 0. The van der Waals surface area contributed by atoms with E-state index in [1.807, 2.05) is 91.9 Å². The third kappa shape index (κ3) is 10.9. The molecule has 0 saturated heterocycles. The van der Waals surface area contributed by atoms with Crippen LogP contribution in [0.3, 0.4) is 0 Å². The van der Waals surface area contributed by atoms with E-state index in [1.54, 1.807) is 12.1 Å². The Morgan fingerprint density at radius 3 is 1.33 bits per heavy atom. The molecule has 8 aromatic rings. The van der Waals surface area contributed by atoms with Gasteiger partial charge in [-0.15, -0.1) is 0 Å². The van der Waals surface area contributed by atoms with Gasteiger partial charge in [0.1, 0.15) is 38.1 Å². The van der Waals surface area contributed by atoms with Gasteiger partial charge in [0.15, 0.2) is 23.0 Å². The summed E-state index contributed by atoms with van der Waals surface area (Å²) in [5.41, 5.74) is 8.27. The molecule has 0 bridgehead atoms. The van der Waals surface area contributed by atoms with Crippen LogP contribution in [0.1, 0.15) is 69.0 Å². The van der Waals surface area contributed by atoms with E-state index in [9.17, 15) is 19.8 Å². The first-order valence-electron chi connectivity index (χ1n) is 19.0. The first-order valence-corrected chi connectivity index (χ1v) is 19.0. The highest BCUT2D eigenvalue weighted by molar-refractivity contribution is 5.89. The van der Waals surface area contributed by atoms with Gasteiger partial charge in [-0.3, -0.25) is 0 Å². The number of para-hydroxylation sites is 4. The fourth-order valence-corrected chi connectivity index (χ4v) is 6.06. The van der Waals surface area contributed by atoms with Gasteiger partial charge >= 0.3 is 11.9 Å². The van der Waals surface area contributed by atoms with E-state index in [-0.39, 0.29) is 31.8 Å². The fraction of sp³-hybridized carbons (Fsp3) is 0.167. The van der Waals surface area contributed by atoms with Gasteiger partial charge < -0.3 is 39.1 Å². The van der Waals surface area contributed by atoms with Crippen LogP contribution in [0.25, 0.3) is 22.1 Å². The Hall–Kier alpha value is -7.60. The van der Waals surface area contributed by atoms with Crippen molar-refractivity contribution >= 4 is 34.0 Å². The molecule has 0 saturated carbocycles. The molecule has 306 valence electrons. The number of imidazole rings is 2. The molecule has 8 rings (SSSR count). The summed E-state index contributed by atoms with van der Waals surface area (Å²) in [6, 6.07) is 40.8. The largest absolute Gasteiger partial charge is 0.485 e. The predicted molar refractivity (Wildman–Crippen MR) is 230 cm³/mol. The minimum Gasteiger partial charge on any atom is -0.485 e. The Labute approximate surface area is 347 Å². The second kappa shape index (κ2) is 19.7. The smallest absolute Gasteiger partial charge is 0.335 e. The molecular formula is C48H46N4O8. The highest BCUT2D eigenvalue weighted by atomic mass is 16.5. The minimum absolute atomic E-state index is 0. The molecule has 0 aliphatic carbocycles. The van der Waals surface area contributed by atoms with E-state index in [2.05, 4.69) is 39.0 Å². The van der Waals surface area contributed by atoms with Gasteiger partial charge in [0.2, 0.25) is 0 Å². The normalized spacial score (nSPS) is 10.6. The number of nitrogens with zero attached hydrogens (tertiary/aromatic N) is 2. The summed E-state index contributed by atoms with van der Waals surface area (Å²) in [5, 5.41) is 18.6. The maximum atomic E-state index is 11.4. The Kier molecular flexibility index (Phi) is 13.8. The number of nitrogens with one attached hydrogen (secondary N) is 2. The number of benzene rings is 6. The van der Waals surface area contributed by atoms with Crippen LogP contribution in [0.5, 0.6) is 23.0 Å². The molecule has 60 heavy (non-hydrogen) atoms. The lowest BCUT2D eigenvalue weighted by Crippen LogP contribution is -2.04. The summed E-state index contributed by atoms with van der Waals surface area (Å²) < 4.78 is 23.6. The maximum Gasteiger partial charge on any atom is 0.335 e. The third-order valence-electron chi connectivity index (χ3n) is 9.33. The monoisotopic (exact) mass is 806 g/mol. The lowest BCUT2D eigenvalue weighted by Gasteiger charge is -2.13. The quantitative estimate of drug-likeness (QED) is 0.0782. The van der Waals surface area contributed by atoms with E-state index >= 15 is 0 Å². The van der Waals surface area contributed by atoms with Crippen molar-refractivity contribution in [2.24, 2.45) is 0 Å². The maximum absolute atomic E-state index is 11.4. The standard InChI is InChI=1S/C24H22N2O4.C23H20N2O4.CH4/c1-2-16-7-9-17(10-8-16)14-29-22-13-18(24(27)28)11-12-21(22)30-15-23-25-19-5-3-4-6-20(19)26-23;1-15-6-8-16(9-7-15)13-28-21-12-17(23(26)27)10-11-20(21)29-14-22-24-18-4-2-3-5-19(18)25-22;/h3-13H,2,14-15H2,1H3,(H,25,26)(H,27,28);2-12H,13-14H2,1H3,(H,24,25)(H,26,27);1H4. The molecule has 12 nitrogen and oxygen atoms in total. The van der Waals surface area contributed by atoms with E-state index in [0.29, 0.717) is 47.9 Å². The number of hydrogen-bond acceptors (Lipinski definition) is 8. The van der Waals surface area contributed by atoms with Gasteiger partial charge in [0.05, 0.1) is 33.2 Å². The number of aromatic amines is 2. The van der Waals surface area contributed by atoms with Crippen molar-refractivity contribution in [1.82, 2.24) is 19.9 Å². The van der Waals surface area contributed by atoms with E-state index in [1.165, 1.54) is 29.8 Å². The molecule has 0 fully saturated rings.